The van der Waals surface area contributed by atoms with Crippen LogP contribution in [0.2, 0.25) is 0 Å². The number of fused-ring (bicyclic) bond motifs is 1. The Bertz CT molecular complexity index is 573. The quantitative estimate of drug-likeness (QED) is 0.864. The lowest BCUT2D eigenvalue weighted by atomic mass is 9.79. The third-order valence-electron chi connectivity index (χ3n) is 6.11. The summed E-state index contributed by atoms with van der Waals surface area (Å²) in [5.41, 5.74) is 1.39. The van der Waals surface area contributed by atoms with Crippen molar-refractivity contribution in [2.24, 2.45) is 17.8 Å². The van der Waals surface area contributed by atoms with Gasteiger partial charge in [0.15, 0.2) is 0 Å². The van der Waals surface area contributed by atoms with E-state index in [9.17, 15) is 4.79 Å². The first-order valence-corrected chi connectivity index (χ1v) is 9.95. The molecule has 2 aliphatic heterocycles. The lowest BCUT2D eigenvalue weighted by Crippen LogP contribution is -2.53. The van der Waals surface area contributed by atoms with Gasteiger partial charge in [-0.05, 0) is 43.6 Å². The molecule has 1 aliphatic carbocycles. The second-order valence-corrected chi connectivity index (χ2v) is 7.98. The lowest BCUT2D eigenvalue weighted by Gasteiger charge is -2.44. The Labute approximate surface area is 150 Å². The van der Waals surface area contributed by atoms with E-state index in [-0.39, 0.29) is 17.9 Å². The maximum Gasteiger partial charge on any atom is 0.223 e. The standard InChI is InChI=1S/C21H30N2O2/c24-21(22-14-17-6-7-17)18-10-13-25-20-9-12-23(15-19(18)20)11-8-16-4-2-1-3-5-16/h1-5,17-20H,6-15H2,(H,22,24)/t18-,19-,20-/m1/s1. The molecule has 4 rings (SSSR count). The highest BCUT2D eigenvalue weighted by Gasteiger charge is 2.41. The van der Waals surface area contributed by atoms with E-state index in [1.165, 1.54) is 18.4 Å². The van der Waals surface area contributed by atoms with Crippen molar-refractivity contribution >= 4 is 5.91 Å². The molecule has 3 fully saturated rings. The summed E-state index contributed by atoms with van der Waals surface area (Å²) in [6.07, 6.45) is 5.87. The van der Waals surface area contributed by atoms with Crippen molar-refractivity contribution in [1.82, 2.24) is 10.2 Å². The van der Waals surface area contributed by atoms with Gasteiger partial charge in [0, 0.05) is 44.6 Å². The monoisotopic (exact) mass is 342 g/mol. The third kappa shape index (κ3) is 4.42. The summed E-state index contributed by atoms with van der Waals surface area (Å²) >= 11 is 0. The average Bonchev–Trinajstić information content (AvgIpc) is 3.49. The Morgan fingerprint density at radius 3 is 2.80 bits per heavy atom. The Morgan fingerprint density at radius 1 is 1.16 bits per heavy atom. The lowest BCUT2D eigenvalue weighted by molar-refractivity contribution is -0.141. The number of ether oxygens (including phenoxy) is 1. The van der Waals surface area contributed by atoms with Gasteiger partial charge in [-0.25, -0.2) is 0 Å². The van der Waals surface area contributed by atoms with Crippen LogP contribution in [0.25, 0.3) is 0 Å². The molecule has 136 valence electrons. The first kappa shape index (κ1) is 17.0. The number of hydrogen-bond acceptors (Lipinski definition) is 3. The minimum Gasteiger partial charge on any atom is -0.378 e. The van der Waals surface area contributed by atoms with Crippen LogP contribution >= 0.6 is 0 Å². The van der Waals surface area contributed by atoms with Crippen molar-refractivity contribution < 1.29 is 9.53 Å². The zero-order valence-electron chi connectivity index (χ0n) is 15.0. The van der Waals surface area contributed by atoms with Gasteiger partial charge in [-0.1, -0.05) is 30.3 Å². The molecule has 2 saturated heterocycles. The third-order valence-corrected chi connectivity index (χ3v) is 6.11. The predicted molar refractivity (Wildman–Crippen MR) is 98.3 cm³/mol. The maximum atomic E-state index is 12.7. The van der Waals surface area contributed by atoms with Crippen LogP contribution in [0.15, 0.2) is 30.3 Å². The van der Waals surface area contributed by atoms with Gasteiger partial charge in [0.25, 0.3) is 0 Å². The minimum atomic E-state index is 0.136. The van der Waals surface area contributed by atoms with Gasteiger partial charge >= 0.3 is 0 Å². The number of amides is 1. The fraction of sp³-hybridized carbons (Fsp3) is 0.667. The van der Waals surface area contributed by atoms with Crippen molar-refractivity contribution in [2.75, 3.05) is 32.8 Å². The second kappa shape index (κ2) is 7.88. The van der Waals surface area contributed by atoms with Gasteiger partial charge in [0.05, 0.1) is 6.10 Å². The molecule has 0 radical (unpaired) electrons. The fourth-order valence-electron chi connectivity index (χ4n) is 4.34. The molecular formula is C21H30N2O2. The molecule has 3 atom stereocenters. The molecule has 0 aromatic heterocycles. The number of nitrogens with one attached hydrogen (secondary N) is 1. The number of benzene rings is 1. The number of rotatable bonds is 6. The summed E-state index contributed by atoms with van der Waals surface area (Å²) in [5, 5.41) is 3.21. The molecule has 4 heteroatoms. The van der Waals surface area contributed by atoms with Crippen molar-refractivity contribution in [3.8, 4) is 0 Å². The van der Waals surface area contributed by atoms with E-state index in [2.05, 4.69) is 40.5 Å². The molecule has 1 aromatic rings. The molecule has 2 heterocycles. The van der Waals surface area contributed by atoms with E-state index in [1.807, 2.05) is 0 Å². The van der Waals surface area contributed by atoms with Crippen molar-refractivity contribution in [3.63, 3.8) is 0 Å². The number of likely N-dealkylation sites (tertiary alicyclic amines) is 1. The molecule has 1 aromatic carbocycles. The van der Waals surface area contributed by atoms with Crippen LogP contribution in [0, 0.1) is 17.8 Å². The molecule has 3 aliphatic rings. The summed E-state index contributed by atoms with van der Waals surface area (Å²) in [5.74, 6) is 1.51. The van der Waals surface area contributed by atoms with Crippen LogP contribution < -0.4 is 5.32 Å². The van der Waals surface area contributed by atoms with E-state index >= 15 is 0 Å². The zero-order chi connectivity index (χ0) is 17.1. The van der Waals surface area contributed by atoms with Crippen LogP contribution in [0.1, 0.15) is 31.2 Å². The number of hydrogen-bond donors (Lipinski definition) is 1. The molecule has 1 saturated carbocycles. The van der Waals surface area contributed by atoms with E-state index in [4.69, 9.17) is 4.74 Å². The van der Waals surface area contributed by atoms with Crippen LogP contribution in [-0.2, 0) is 16.0 Å². The normalized spacial score (nSPS) is 29.8. The van der Waals surface area contributed by atoms with Gasteiger partial charge in [0.2, 0.25) is 5.91 Å². The smallest absolute Gasteiger partial charge is 0.223 e. The number of nitrogens with zero attached hydrogens (tertiary/aromatic N) is 1. The number of piperidine rings is 1. The Hall–Kier alpha value is -1.39. The first-order chi connectivity index (χ1) is 12.3. The van der Waals surface area contributed by atoms with Crippen molar-refractivity contribution in [1.29, 1.82) is 0 Å². The topological polar surface area (TPSA) is 41.6 Å². The van der Waals surface area contributed by atoms with E-state index in [0.29, 0.717) is 5.92 Å². The largest absolute Gasteiger partial charge is 0.378 e. The Kier molecular flexibility index (Phi) is 5.37. The highest BCUT2D eigenvalue weighted by Crippen LogP contribution is 2.34. The van der Waals surface area contributed by atoms with Crippen LogP contribution in [0.4, 0.5) is 0 Å². The molecular weight excluding hydrogens is 312 g/mol. The van der Waals surface area contributed by atoms with Gasteiger partial charge < -0.3 is 15.0 Å². The highest BCUT2D eigenvalue weighted by atomic mass is 16.5. The Balaban J connectivity index is 1.32. The number of carbonyl (C=O) groups is 1. The van der Waals surface area contributed by atoms with E-state index in [1.54, 1.807) is 0 Å². The van der Waals surface area contributed by atoms with E-state index < -0.39 is 0 Å². The number of carbonyl (C=O) groups excluding carboxylic acids is 1. The first-order valence-electron chi connectivity index (χ1n) is 9.95. The highest BCUT2D eigenvalue weighted by molar-refractivity contribution is 5.79. The van der Waals surface area contributed by atoms with Crippen LogP contribution in [0.5, 0.6) is 0 Å². The molecule has 1 amide bonds. The average molecular weight is 342 g/mol. The van der Waals surface area contributed by atoms with Gasteiger partial charge in [-0.3, -0.25) is 4.79 Å². The SMILES string of the molecule is O=C(NCC1CC1)[C@@H]1CCO[C@@H]2CCN(CCc3ccccc3)C[C@@H]21. The summed E-state index contributed by atoms with van der Waals surface area (Å²) in [6.45, 7) is 4.78. The molecule has 0 bridgehead atoms. The van der Waals surface area contributed by atoms with Crippen LogP contribution in [0.3, 0.4) is 0 Å². The van der Waals surface area contributed by atoms with Crippen LogP contribution in [-0.4, -0.2) is 49.7 Å². The summed E-state index contributed by atoms with van der Waals surface area (Å²) in [4.78, 5) is 15.2. The minimum absolute atomic E-state index is 0.136. The van der Waals surface area contributed by atoms with E-state index in [0.717, 1.165) is 58.0 Å². The van der Waals surface area contributed by atoms with Crippen molar-refractivity contribution in [2.45, 2.75) is 38.2 Å². The Morgan fingerprint density at radius 2 is 2.00 bits per heavy atom. The summed E-state index contributed by atoms with van der Waals surface area (Å²) in [6, 6.07) is 10.7. The summed E-state index contributed by atoms with van der Waals surface area (Å²) in [7, 11) is 0. The predicted octanol–water partition coefficient (Wildman–Crippen LogP) is 2.48. The van der Waals surface area contributed by atoms with Gasteiger partial charge in [-0.15, -0.1) is 0 Å². The van der Waals surface area contributed by atoms with Gasteiger partial charge in [0.1, 0.15) is 0 Å². The molecule has 0 spiro atoms. The maximum absolute atomic E-state index is 12.7. The fourth-order valence-corrected chi connectivity index (χ4v) is 4.34. The molecule has 1 N–H and O–H groups in total. The van der Waals surface area contributed by atoms with Crippen molar-refractivity contribution in [3.05, 3.63) is 35.9 Å². The second-order valence-electron chi connectivity index (χ2n) is 7.98. The zero-order valence-corrected chi connectivity index (χ0v) is 15.0. The summed E-state index contributed by atoms with van der Waals surface area (Å²) < 4.78 is 6.00. The molecule has 0 unspecified atom stereocenters. The van der Waals surface area contributed by atoms with Gasteiger partial charge in [-0.2, -0.15) is 0 Å². The molecule has 4 nitrogen and oxygen atoms in total. The molecule has 25 heavy (non-hydrogen) atoms.